The molecular formula is C15H14N2O3. The van der Waals surface area contributed by atoms with Gasteiger partial charge in [-0.2, -0.15) is 0 Å². The van der Waals surface area contributed by atoms with E-state index in [-0.39, 0.29) is 0 Å². The monoisotopic (exact) mass is 270 g/mol. The molecule has 0 radical (unpaired) electrons. The molecule has 2 aromatic carbocycles. The minimum absolute atomic E-state index is 0.441. The first-order chi connectivity index (χ1) is 9.70. The van der Waals surface area contributed by atoms with E-state index in [1.807, 2.05) is 42.5 Å². The van der Waals surface area contributed by atoms with Crippen molar-refractivity contribution >= 4 is 28.8 Å². The second-order valence-corrected chi connectivity index (χ2v) is 4.01. The number of methoxy groups -OCH3 is 1. The molecule has 102 valence electrons. The molecule has 0 aromatic heterocycles. The Balaban J connectivity index is 2.10. The largest absolute Gasteiger partial charge is 0.452 e. The number of fused-ring (bicyclic) bond motifs is 1. The number of rotatable bonds is 2. The Morgan fingerprint density at radius 3 is 2.60 bits per heavy atom. The summed E-state index contributed by atoms with van der Waals surface area (Å²) in [7, 11) is 1.22. The standard InChI is InChI=1S/C15H14N2O3/c1-20-15(19)17-16-14(18)10-9-12-7-4-6-11-5-2-3-8-13(11)12/h2-10H,1H3,(H,16,18)(H,17,19). The van der Waals surface area contributed by atoms with Crippen molar-refractivity contribution in [2.24, 2.45) is 0 Å². The van der Waals surface area contributed by atoms with E-state index in [9.17, 15) is 9.59 Å². The number of benzene rings is 2. The number of amides is 2. The van der Waals surface area contributed by atoms with Crippen LogP contribution in [0.25, 0.3) is 16.8 Å². The van der Waals surface area contributed by atoms with Crippen LogP contribution in [-0.4, -0.2) is 19.1 Å². The molecule has 0 saturated carbocycles. The van der Waals surface area contributed by atoms with E-state index in [4.69, 9.17) is 0 Å². The van der Waals surface area contributed by atoms with Gasteiger partial charge in [-0.1, -0.05) is 42.5 Å². The van der Waals surface area contributed by atoms with Crippen molar-refractivity contribution in [2.75, 3.05) is 7.11 Å². The molecule has 2 rings (SSSR count). The van der Waals surface area contributed by atoms with Crippen molar-refractivity contribution in [3.63, 3.8) is 0 Å². The van der Waals surface area contributed by atoms with E-state index in [0.29, 0.717) is 0 Å². The molecule has 0 aliphatic rings. The summed E-state index contributed by atoms with van der Waals surface area (Å²) in [6, 6.07) is 13.7. The third-order valence-electron chi connectivity index (χ3n) is 2.71. The second kappa shape index (κ2) is 6.38. The van der Waals surface area contributed by atoms with Crippen LogP contribution in [0.1, 0.15) is 5.56 Å². The summed E-state index contributed by atoms with van der Waals surface area (Å²) in [4.78, 5) is 22.3. The van der Waals surface area contributed by atoms with Crippen LogP contribution in [-0.2, 0) is 9.53 Å². The minimum Gasteiger partial charge on any atom is -0.452 e. The third-order valence-corrected chi connectivity index (χ3v) is 2.71. The van der Waals surface area contributed by atoms with Crippen LogP contribution in [0.5, 0.6) is 0 Å². The number of hydrogen-bond donors (Lipinski definition) is 2. The fourth-order valence-corrected chi connectivity index (χ4v) is 1.77. The topological polar surface area (TPSA) is 67.4 Å². The highest BCUT2D eigenvalue weighted by atomic mass is 16.5. The van der Waals surface area contributed by atoms with Crippen molar-refractivity contribution in [3.05, 3.63) is 54.1 Å². The Bertz CT molecular complexity index is 660. The number of carbonyl (C=O) groups is 2. The zero-order valence-corrected chi connectivity index (χ0v) is 10.9. The molecule has 2 aromatic rings. The maximum atomic E-state index is 11.5. The van der Waals surface area contributed by atoms with Crippen LogP contribution in [0, 0.1) is 0 Å². The average Bonchev–Trinajstić information content (AvgIpc) is 2.50. The number of hydrazine groups is 1. The Morgan fingerprint density at radius 2 is 1.80 bits per heavy atom. The Morgan fingerprint density at radius 1 is 1.05 bits per heavy atom. The number of ether oxygens (including phenoxy) is 1. The second-order valence-electron chi connectivity index (χ2n) is 4.01. The lowest BCUT2D eigenvalue weighted by Crippen LogP contribution is -2.40. The summed E-state index contributed by atoms with van der Waals surface area (Å²) in [6.07, 6.45) is 2.31. The minimum atomic E-state index is -0.725. The summed E-state index contributed by atoms with van der Waals surface area (Å²) >= 11 is 0. The van der Waals surface area contributed by atoms with Crippen LogP contribution in [0.4, 0.5) is 4.79 Å². The van der Waals surface area contributed by atoms with Gasteiger partial charge in [0.2, 0.25) is 0 Å². The van der Waals surface area contributed by atoms with Gasteiger partial charge in [0.25, 0.3) is 5.91 Å². The highest BCUT2D eigenvalue weighted by Gasteiger charge is 2.01. The number of hydrogen-bond acceptors (Lipinski definition) is 3. The van der Waals surface area contributed by atoms with Crippen LogP contribution < -0.4 is 10.9 Å². The van der Waals surface area contributed by atoms with E-state index in [2.05, 4.69) is 15.6 Å². The molecule has 2 amide bonds. The van der Waals surface area contributed by atoms with Gasteiger partial charge >= 0.3 is 6.09 Å². The van der Waals surface area contributed by atoms with Gasteiger partial charge in [-0.05, 0) is 22.4 Å². The molecule has 0 aliphatic heterocycles. The van der Waals surface area contributed by atoms with Gasteiger partial charge in [0.1, 0.15) is 0 Å². The Kier molecular flexibility index (Phi) is 4.34. The van der Waals surface area contributed by atoms with Crippen molar-refractivity contribution in [1.29, 1.82) is 0 Å². The predicted molar refractivity (Wildman–Crippen MR) is 76.7 cm³/mol. The van der Waals surface area contributed by atoms with E-state index < -0.39 is 12.0 Å². The maximum Gasteiger partial charge on any atom is 0.425 e. The fraction of sp³-hybridized carbons (Fsp3) is 0.0667. The Labute approximate surface area is 116 Å². The molecule has 0 saturated heterocycles. The zero-order valence-electron chi connectivity index (χ0n) is 10.9. The molecule has 5 nitrogen and oxygen atoms in total. The molecular weight excluding hydrogens is 256 g/mol. The average molecular weight is 270 g/mol. The van der Waals surface area contributed by atoms with E-state index in [0.717, 1.165) is 16.3 Å². The van der Waals surface area contributed by atoms with Gasteiger partial charge in [-0.25, -0.2) is 10.2 Å². The van der Waals surface area contributed by atoms with E-state index in [1.165, 1.54) is 13.2 Å². The van der Waals surface area contributed by atoms with Crippen LogP contribution in [0.15, 0.2) is 48.5 Å². The molecule has 0 fully saturated rings. The summed E-state index contributed by atoms with van der Waals surface area (Å²) in [5.74, 6) is -0.441. The van der Waals surface area contributed by atoms with Gasteiger partial charge in [-0.3, -0.25) is 10.2 Å². The molecule has 0 unspecified atom stereocenters. The van der Waals surface area contributed by atoms with Gasteiger partial charge in [0.05, 0.1) is 7.11 Å². The van der Waals surface area contributed by atoms with Crippen LogP contribution in [0.3, 0.4) is 0 Å². The summed E-state index contributed by atoms with van der Waals surface area (Å²) < 4.78 is 4.33. The lowest BCUT2D eigenvalue weighted by Gasteiger charge is -2.03. The highest BCUT2D eigenvalue weighted by molar-refractivity contribution is 5.97. The Hall–Kier alpha value is -2.82. The molecule has 0 bridgehead atoms. The lowest BCUT2D eigenvalue weighted by molar-refractivity contribution is -0.117. The van der Waals surface area contributed by atoms with Crippen LogP contribution in [0.2, 0.25) is 0 Å². The molecule has 0 spiro atoms. The first-order valence-corrected chi connectivity index (χ1v) is 6.00. The zero-order chi connectivity index (χ0) is 14.4. The van der Waals surface area contributed by atoms with E-state index in [1.54, 1.807) is 6.08 Å². The van der Waals surface area contributed by atoms with Crippen molar-refractivity contribution in [1.82, 2.24) is 10.9 Å². The SMILES string of the molecule is COC(=O)NNC(=O)C=Cc1cccc2ccccc12. The van der Waals surface area contributed by atoms with Gasteiger partial charge in [-0.15, -0.1) is 0 Å². The normalized spacial score (nSPS) is 10.4. The molecule has 5 heteroatoms. The smallest absolute Gasteiger partial charge is 0.425 e. The van der Waals surface area contributed by atoms with Crippen molar-refractivity contribution in [2.45, 2.75) is 0 Å². The van der Waals surface area contributed by atoms with Crippen LogP contribution >= 0.6 is 0 Å². The molecule has 0 atom stereocenters. The number of carbonyl (C=O) groups excluding carboxylic acids is 2. The van der Waals surface area contributed by atoms with Crippen molar-refractivity contribution < 1.29 is 14.3 Å². The highest BCUT2D eigenvalue weighted by Crippen LogP contribution is 2.19. The van der Waals surface area contributed by atoms with Crippen molar-refractivity contribution in [3.8, 4) is 0 Å². The van der Waals surface area contributed by atoms with Gasteiger partial charge in [0.15, 0.2) is 0 Å². The molecule has 0 heterocycles. The first kappa shape index (κ1) is 13.6. The molecule has 2 N–H and O–H groups in total. The quantitative estimate of drug-likeness (QED) is 0.649. The van der Waals surface area contributed by atoms with E-state index >= 15 is 0 Å². The first-order valence-electron chi connectivity index (χ1n) is 6.00. The number of nitrogens with one attached hydrogen (secondary N) is 2. The lowest BCUT2D eigenvalue weighted by atomic mass is 10.0. The predicted octanol–water partition coefficient (Wildman–Crippen LogP) is 2.24. The summed E-state index contributed by atoms with van der Waals surface area (Å²) in [5.41, 5.74) is 5.22. The fourth-order valence-electron chi connectivity index (χ4n) is 1.77. The molecule has 0 aliphatic carbocycles. The van der Waals surface area contributed by atoms with Gasteiger partial charge < -0.3 is 4.74 Å². The molecule has 20 heavy (non-hydrogen) atoms. The van der Waals surface area contributed by atoms with Gasteiger partial charge in [0, 0.05) is 6.08 Å². The third kappa shape index (κ3) is 3.35. The maximum absolute atomic E-state index is 11.5. The summed E-state index contributed by atoms with van der Waals surface area (Å²) in [6.45, 7) is 0. The summed E-state index contributed by atoms with van der Waals surface area (Å²) in [5, 5.41) is 2.16.